The second kappa shape index (κ2) is 5.27. The minimum absolute atomic E-state index is 0.306. The van der Waals surface area contributed by atoms with Crippen LogP contribution in [0.15, 0.2) is 36.4 Å². The largest absolute Gasteiger partial charge is 0.478 e. The summed E-state index contributed by atoms with van der Waals surface area (Å²) >= 11 is 6.25. The van der Waals surface area contributed by atoms with Crippen molar-refractivity contribution in [2.45, 2.75) is 13.0 Å². The number of hydrogen-bond acceptors (Lipinski definition) is 2. The van der Waals surface area contributed by atoms with Gasteiger partial charge in [0.05, 0.1) is 5.56 Å². The highest BCUT2D eigenvalue weighted by Gasteiger charge is 2.17. The monoisotopic (exact) mass is 287 g/mol. The molecular weight excluding hydrogens is 274 g/mol. The number of carboxylic acid groups (broad SMARTS) is 1. The number of nitrogens with one attached hydrogen (secondary N) is 1. The van der Waals surface area contributed by atoms with Crippen molar-refractivity contribution in [2.24, 2.45) is 0 Å². The summed E-state index contributed by atoms with van der Waals surface area (Å²) in [5, 5.41) is 13.2. The number of benzene rings is 2. The number of halogens is 1. The molecule has 4 heteroatoms. The zero-order valence-corrected chi connectivity index (χ0v) is 11.6. The van der Waals surface area contributed by atoms with E-state index < -0.39 is 5.97 Å². The van der Waals surface area contributed by atoms with Gasteiger partial charge in [0.15, 0.2) is 0 Å². The van der Waals surface area contributed by atoms with Gasteiger partial charge in [0.2, 0.25) is 0 Å². The molecule has 0 atom stereocenters. The number of carboxylic acids is 1. The summed E-state index contributed by atoms with van der Waals surface area (Å²) in [7, 11) is 0. The van der Waals surface area contributed by atoms with Crippen molar-refractivity contribution >= 4 is 17.6 Å². The first-order valence-corrected chi connectivity index (χ1v) is 6.89. The normalized spacial score (nSPS) is 13.8. The lowest BCUT2D eigenvalue weighted by Crippen LogP contribution is -2.24. The van der Waals surface area contributed by atoms with Crippen LogP contribution in [0.5, 0.6) is 0 Å². The predicted molar refractivity (Wildman–Crippen MR) is 79.3 cm³/mol. The van der Waals surface area contributed by atoms with Gasteiger partial charge >= 0.3 is 5.97 Å². The summed E-state index contributed by atoms with van der Waals surface area (Å²) in [4.78, 5) is 11.1. The Morgan fingerprint density at radius 2 is 2.05 bits per heavy atom. The molecule has 0 radical (unpaired) electrons. The Balaban J connectivity index is 2.15. The molecule has 3 nitrogen and oxygen atoms in total. The van der Waals surface area contributed by atoms with Crippen molar-refractivity contribution in [2.75, 3.05) is 6.54 Å². The van der Waals surface area contributed by atoms with Crippen LogP contribution in [0, 0.1) is 0 Å². The SMILES string of the molecule is O=C(O)c1cccc(-c2ccc(Cl)c3c2CCNC3)c1. The van der Waals surface area contributed by atoms with Gasteiger partial charge in [-0.15, -0.1) is 0 Å². The molecule has 0 bridgehead atoms. The molecule has 102 valence electrons. The summed E-state index contributed by atoms with van der Waals surface area (Å²) in [6, 6.07) is 10.9. The molecule has 0 saturated heterocycles. The van der Waals surface area contributed by atoms with Crippen LogP contribution >= 0.6 is 11.6 Å². The van der Waals surface area contributed by atoms with Gasteiger partial charge in [-0.3, -0.25) is 0 Å². The Hall–Kier alpha value is -1.84. The van der Waals surface area contributed by atoms with Crippen molar-refractivity contribution in [3.63, 3.8) is 0 Å². The molecule has 1 aliphatic heterocycles. The van der Waals surface area contributed by atoms with E-state index in [0.29, 0.717) is 5.56 Å². The Morgan fingerprint density at radius 3 is 2.85 bits per heavy atom. The highest BCUT2D eigenvalue weighted by Crippen LogP contribution is 2.33. The third kappa shape index (κ3) is 2.30. The molecule has 0 spiro atoms. The van der Waals surface area contributed by atoms with E-state index in [4.69, 9.17) is 16.7 Å². The summed E-state index contributed by atoms with van der Waals surface area (Å²) < 4.78 is 0. The lowest BCUT2D eigenvalue weighted by atomic mass is 9.91. The topological polar surface area (TPSA) is 49.3 Å². The van der Waals surface area contributed by atoms with E-state index in [1.165, 1.54) is 5.56 Å². The van der Waals surface area contributed by atoms with Gasteiger partial charge in [-0.05, 0) is 53.4 Å². The van der Waals surface area contributed by atoms with Crippen LogP contribution in [0.4, 0.5) is 0 Å². The number of carbonyl (C=O) groups is 1. The molecular formula is C16H14ClNO2. The third-order valence-corrected chi connectivity index (χ3v) is 4.00. The van der Waals surface area contributed by atoms with E-state index in [2.05, 4.69) is 5.32 Å². The smallest absolute Gasteiger partial charge is 0.335 e. The average Bonchev–Trinajstić information content (AvgIpc) is 2.48. The standard InChI is InChI=1S/C16H14ClNO2/c17-15-5-4-12(13-6-7-18-9-14(13)15)10-2-1-3-11(8-10)16(19)20/h1-5,8,18H,6-7,9H2,(H,19,20). The first-order valence-electron chi connectivity index (χ1n) is 6.51. The number of fused-ring (bicyclic) bond motifs is 1. The van der Waals surface area contributed by atoms with E-state index in [9.17, 15) is 4.79 Å². The van der Waals surface area contributed by atoms with E-state index >= 15 is 0 Å². The predicted octanol–water partition coefficient (Wildman–Crippen LogP) is 3.35. The molecule has 2 N–H and O–H groups in total. The minimum Gasteiger partial charge on any atom is -0.478 e. The van der Waals surface area contributed by atoms with Crippen LogP contribution < -0.4 is 5.32 Å². The fourth-order valence-corrected chi connectivity index (χ4v) is 2.90. The van der Waals surface area contributed by atoms with Crippen molar-refractivity contribution in [1.82, 2.24) is 5.32 Å². The summed E-state index contributed by atoms with van der Waals surface area (Å²) in [5.74, 6) is -0.906. The molecule has 1 heterocycles. The van der Waals surface area contributed by atoms with Gasteiger partial charge in [-0.1, -0.05) is 29.8 Å². The Bertz CT molecular complexity index is 682. The van der Waals surface area contributed by atoms with E-state index in [1.807, 2.05) is 18.2 Å². The Morgan fingerprint density at radius 1 is 1.20 bits per heavy atom. The maximum absolute atomic E-state index is 11.1. The molecule has 2 aromatic rings. The molecule has 0 aliphatic carbocycles. The van der Waals surface area contributed by atoms with Gasteiger partial charge in [0.25, 0.3) is 0 Å². The Kier molecular flexibility index (Phi) is 3.47. The average molecular weight is 288 g/mol. The highest BCUT2D eigenvalue weighted by atomic mass is 35.5. The molecule has 0 aromatic heterocycles. The van der Waals surface area contributed by atoms with Gasteiger partial charge in [0, 0.05) is 11.6 Å². The summed E-state index contributed by atoms with van der Waals surface area (Å²) in [6.45, 7) is 1.68. The van der Waals surface area contributed by atoms with Crippen LogP contribution in [0.3, 0.4) is 0 Å². The van der Waals surface area contributed by atoms with Crippen LogP contribution in [0.1, 0.15) is 21.5 Å². The lowest BCUT2D eigenvalue weighted by Gasteiger charge is -2.22. The second-order valence-electron chi connectivity index (χ2n) is 4.86. The maximum atomic E-state index is 11.1. The van der Waals surface area contributed by atoms with Gasteiger partial charge in [0.1, 0.15) is 0 Å². The molecule has 0 amide bonds. The van der Waals surface area contributed by atoms with Gasteiger partial charge in [-0.2, -0.15) is 0 Å². The van der Waals surface area contributed by atoms with E-state index in [0.717, 1.165) is 41.2 Å². The van der Waals surface area contributed by atoms with E-state index in [-0.39, 0.29) is 0 Å². The van der Waals surface area contributed by atoms with Crippen LogP contribution in [-0.4, -0.2) is 17.6 Å². The summed E-state index contributed by atoms with van der Waals surface area (Å²) in [6.07, 6.45) is 0.905. The first kappa shape index (κ1) is 13.2. The molecule has 0 unspecified atom stereocenters. The van der Waals surface area contributed by atoms with Crippen molar-refractivity contribution in [1.29, 1.82) is 0 Å². The summed E-state index contributed by atoms with van der Waals surface area (Å²) in [5.41, 5.74) is 4.66. The van der Waals surface area contributed by atoms with Gasteiger partial charge < -0.3 is 10.4 Å². The first-order chi connectivity index (χ1) is 9.66. The zero-order chi connectivity index (χ0) is 14.1. The highest BCUT2D eigenvalue weighted by molar-refractivity contribution is 6.31. The molecule has 0 fully saturated rings. The Labute approximate surface area is 122 Å². The van der Waals surface area contributed by atoms with Crippen molar-refractivity contribution in [3.05, 3.63) is 58.1 Å². The minimum atomic E-state index is -0.906. The lowest BCUT2D eigenvalue weighted by molar-refractivity contribution is 0.0697. The third-order valence-electron chi connectivity index (χ3n) is 3.65. The maximum Gasteiger partial charge on any atom is 0.335 e. The molecule has 3 rings (SSSR count). The number of aromatic carboxylic acids is 1. The van der Waals surface area contributed by atoms with E-state index in [1.54, 1.807) is 18.2 Å². The van der Waals surface area contributed by atoms with Crippen molar-refractivity contribution < 1.29 is 9.90 Å². The zero-order valence-electron chi connectivity index (χ0n) is 10.8. The number of rotatable bonds is 2. The van der Waals surface area contributed by atoms with Crippen molar-refractivity contribution in [3.8, 4) is 11.1 Å². The van der Waals surface area contributed by atoms with Crippen LogP contribution in [-0.2, 0) is 13.0 Å². The fourth-order valence-electron chi connectivity index (χ4n) is 2.66. The molecule has 20 heavy (non-hydrogen) atoms. The molecule has 0 saturated carbocycles. The van der Waals surface area contributed by atoms with Gasteiger partial charge in [-0.25, -0.2) is 4.79 Å². The van der Waals surface area contributed by atoms with Crippen LogP contribution in [0.25, 0.3) is 11.1 Å². The molecule has 1 aliphatic rings. The molecule has 2 aromatic carbocycles. The second-order valence-corrected chi connectivity index (χ2v) is 5.27. The number of hydrogen-bond donors (Lipinski definition) is 2. The fraction of sp³-hybridized carbons (Fsp3) is 0.188. The van der Waals surface area contributed by atoms with Crippen LogP contribution in [0.2, 0.25) is 5.02 Å². The quantitative estimate of drug-likeness (QED) is 0.890.